The Labute approximate surface area is 115 Å². The Morgan fingerprint density at radius 2 is 1.95 bits per heavy atom. The topological polar surface area (TPSA) is 12.0 Å². The number of hydrogen-bond acceptors (Lipinski definition) is 1. The summed E-state index contributed by atoms with van der Waals surface area (Å²) in [7, 11) is 0. The van der Waals surface area contributed by atoms with Gasteiger partial charge in [0.1, 0.15) is 11.6 Å². The Bertz CT molecular complexity index is 628. The fourth-order valence-corrected chi connectivity index (χ4v) is 2.64. The summed E-state index contributed by atoms with van der Waals surface area (Å²) < 4.78 is 26.5. The monoisotopic (exact) mass is 279 g/mol. The zero-order chi connectivity index (χ0) is 13.4. The highest BCUT2D eigenvalue weighted by atomic mass is 35.5. The lowest BCUT2D eigenvalue weighted by molar-refractivity contribution is 0.626. The lowest BCUT2D eigenvalue weighted by atomic mass is 10.1. The standard InChI is InChI=1S/C15H12ClF2N/c16-13-5-3-11(8-14(13)18)19-15-6-1-9-7-10(17)2-4-12(9)15/h2-5,7-8,15,19H,1,6H2. The fourth-order valence-electron chi connectivity index (χ4n) is 2.52. The molecular weight excluding hydrogens is 268 g/mol. The number of nitrogens with one attached hydrogen (secondary N) is 1. The third-order valence-corrected chi connectivity index (χ3v) is 3.75. The summed E-state index contributed by atoms with van der Waals surface area (Å²) in [5.41, 5.74) is 2.78. The van der Waals surface area contributed by atoms with Crippen molar-refractivity contribution in [3.8, 4) is 0 Å². The van der Waals surface area contributed by atoms with Gasteiger partial charge < -0.3 is 5.32 Å². The summed E-state index contributed by atoms with van der Waals surface area (Å²) in [5, 5.41) is 3.37. The molecule has 2 aromatic carbocycles. The molecule has 1 atom stereocenters. The molecular formula is C15H12ClF2N. The normalized spacial score (nSPS) is 17.3. The molecule has 1 N–H and O–H groups in total. The van der Waals surface area contributed by atoms with E-state index in [0.29, 0.717) is 5.69 Å². The molecule has 0 saturated carbocycles. The molecule has 0 aliphatic heterocycles. The van der Waals surface area contributed by atoms with E-state index in [1.165, 1.54) is 18.2 Å². The van der Waals surface area contributed by atoms with E-state index in [1.54, 1.807) is 18.2 Å². The lowest BCUT2D eigenvalue weighted by Gasteiger charge is -2.15. The molecule has 0 saturated heterocycles. The van der Waals surface area contributed by atoms with Gasteiger partial charge in [-0.15, -0.1) is 0 Å². The zero-order valence-corrected chi connectivity index (χ0v) is 10.8. The van der Waals surface area contributed by atoms with E-state index >= 15 is 0 Å². The van der Waals surface area contributed by atoms with E-state index < -0.39 is 5.82 Å². The average molecular weight is 280 g/mol. The van der Waals surface area contributed by atoms with E-state index in [0.717, 1.165) is 24.0 Å². The molecule has 0 fully saturated rings. The van der Waals surface area contributed by atoms with Crippen LogP contribution in [-0.2, 0) is 6.42 Å². The van der Waals surface area contributed by atoms with Crippen LogP contribution in [-0.4, -0.2) is 0 Å². The third kappa shape index (κ3) is 2.43. The maximum absolute atomic E-state index is 13.4. The minimum atomic E-state index is -0.441. The molecule has 1 aliphatic rings. The van der Waals surface area contributed by atoms with Crippen molar-refractivity contribution < 1.29 is 8.78 Å². The van der Waals surface area contributed by atoms with Crippen LogP contribution in [0.3, 0.4) is 0 Å². The van der Waals surface area contributed by atoms with Crippen molar-refractivity contribution in [1.29, 1.82) is 0 Å². The molecule has 0 heterocycles. The quantitative estimate of drug-likeness (QED) is 0.839. The second-order valence-electron chi connectivity index (χ2n) is 4.71. The molecule has 0 amide bonds. The Morgan fingerprint density at radius 3 is 2.74 bits per heavy atom. The Hall–Kier alpha value is -1.61. The minimum absolute atomic E-state index is 0.0937. The van der Waals surface area contributed by atoms with Gasteiger partial charge in [0.05, 0.1) is 11.1 Å². The van der Waals surface area contributed by atoms with Crippen LogP contribution in [0.15, 0.2) is 36.4 Å². The van der Waals surface area contributed by atoms with Gasteiger partial charge in [0, 0.05) is 5.69 Å². The van der Waals surface area contributed by atoms with Crippen LogP contribution >= 0.6 is 11.6 Å². The van der Waals surface area contributed by atoms with E-state index in [9.17, 15) is 8.78 Å². The van der Waals surface area contributed by atoms with Gasteiger partial charge in [-0.1, -0.05) is 17.7 Å². The summed E-state index contributed by atoms with van der Waals surface area (Å²) in [5.74, 6) is -0.652. The molecule has 2 aromatic rings. The van der Waals surface area contributed by atoms with Crippen molar-refractivity contribution >= 4 is 17.3 Å². The summed E-state index contributed by atoms with van der Waals surface area (Å²) in [6.45, 7) is 0. The molecule has 0 aromatic heterocycles. The predicted octanol–water partition coefficient (Wildman–Crippen LogP) is 4.72. The summed E-state index contributed by atoms with van der Waals surface area (Å²) in [6, 6.07) is 9.56. The SMILES string of the molecule is Fc1ccc2c(c1)CCC2Nc1ccc(Cl)c(F)c1. The van der Waals surface area contributed by atoms with Gasteiger partial charge in [-0.05, 0) is 54.3 Å². The van der Waals surface area contributed by atoms with Crippen molar-refractivity contribution in [3.05, 3.63) is 64.2 Å². The molecule has 3 rings (SSSR count). The predicted molar refractivity (Wildman–Crippen MR) is 72.5 cm³/mol. The molecule has 4 heteroatoms. The first-order valence-electron chi connectivity index (χ1n) is 6.13. The maximum atomic E-state index is 13.4. The molecule has 1 aliphatic carbocycles. The minimum Gasteiger partial charge on any atom is -0.378 e. The van der Waals surface area contributed by atoms with Crippen molar-refractivity contribution in [2.24, 2.45) is 0 Å². The Balaban J connectivity index is 1.84. The van der Waals surface area contributed by atoms with Gasteiger partial charge in [-0.2, -0.15) is 0 Å². The van der Waals surface area contributed by atoms with Crippen molar-refractivity contribution in [1.82, 2.24) is 0 Å². The van der Waals surface area contributed by atoms with Crippen molar-refractivity contribution in [2.75, 3.05) is 5.32 Å². The van der Waals surface area contributed by atoms with Gasteiger partial charge in [0.15, 0.2) is 0 Å². The zero-order valence-electron chi connectivity index (χ0n) is 10.1. The van der Waals surface area contributed by atoms with Gasteiger partial charge in [-0.25, -0.2) is 8.78 Å². The van der Waals surface area contributed by atoms with Gasteiger partial charge >= 0.3 is 0 Å². The number of rotatable bonds is 2. The smallest absolute Gasteiger partial charge is 0.143 e. The first-order valence-corrected chi connectivity index (χ1v) is 6.51. The van der Waals surface area contributed by atoms with Crippen LogP contribution in [0.5, 0.6) is 0 Å². The largest absolute Gasteiger partial charge is 0.378 e. The maximum Gasteiger partial charge on any atom is 0.143 e. The molecule has 1 unspecified atom stereocenters. The lowest BCUT2D eigenvalue weighted by Crippen LogP contribution is -2.07. The number of aryl methyl sites for hydroxylation is 1. The summed E-state index contributed by atoms with van der Waals surface area (Å²) in [4.78, 5) is 0. The van der Waals surface area contributed by atoms with Crippen LogP contribution in [0.4, 0.5) is 14.5 Å². The number of anilines is 1. The van der Waals surface area contributed by atoms with Crippen LogP contribution in [0, 0.1) is 11.6 Å². The van der Waals surface area contributed by atoms with Gasteiger partial charge in [0.2, 0.25) is 0 Å². The molecule has 98 valence electrons. The van der Waals surface area contributed by atoms with Crippen LogP contribution in [0.2, 0.25) is 5.02 Å². The molecule has 0 radical (unpaired) electrons. The van der Waals surface area contributed by atoms with Gasteiger partial charge in [-0.3, -0.25) is 0 Å². The fraction of sp³-hybridized carbons (Fsp3) is 0.200. The number of halogens is 3. The average Bonchev–Trinajstić information content (AvgIpc) is 2.76. The number of benzene rings is 2. The van der Waals surface area contributed by atoms with Crippen LogP contribution in [0.1, 0.15) is 23.6 Å². The summed E-state index contributed by atoms with van der Waals surface area (Å²) >= 11 is 5.65. The van der Waals surface area contributed by atoms with E-state index in [1.807, 2.05) is 0 Å². The van der Waals surface area contributed by atoms with Crippen molar-refractivity contribution in [2.45, 2.75) is 18.9 Å². The van der Waals surface area contributed by atoms with Crippen LogP contribution in [0.25, 0.3) is 0 Å². The van der Waals surface area contributed by atoms with Crippen LogP contribution < -0.4 is 5.32 Å². The van der Waals surface area contributed by atoms with Gasteiger partial charge in [0.25, 0.3) is 0 Å². The highest BCUT2D eigenvalue weighted by Crippen LogP contribution is 2.34. The number of fused-ring (bicyclic) bond motifs is 1. The molecule has 0 bridgehead atoms. The molecule has 19 heavy (non-hydrogen) atoms. The molecule has 0 spiro atoms. The summed E-state index contributed by atoms with van der Waals surface area (Å²) in [6.07, 6.45) is 1.71. The van der Waals surface area contributed by atoms with E-state index in [2.05, 4.69) is 5.32 Å². The first kappa shape index (κ1) is 12.4. The Morgan fingerprint density at radius 1 is 1.11 bits per heavy atom. The Kier molecular flexibility index (Phi) is 3.15. The second kappa shape index (κ2) is 4.82. The third-order valence-electron chi connectivity index (χ3n) is 3.44. The second-order valence-corrected chi connectivity index (χ2v) is 5.11. The first-order chi connectivity index (χ1) is 9.13. The van der Waals surface area contributed by atoms with E-state index in [4.69, 9.17) is 11.6 Å². The highest BCUT2D eigenvalue weighted by Gasteiger charge is 2.22. The number of hydrogen-bond donors (Lipinski definition) is 1. The molecule has 1 nitrogen and oxygen atoms in total. The van der Waals surface area contributed by atoms with Crippen molar-refractivity contribution in [3.63, 3.8) is 0 Å². The highest BCUT2D eigenvalue weighted by molar-refractivity contribution is 6.30. The van der Waals surface area contributed by atoms with E-state index in [-0.39, 0.29) is 16.9 Å².